The maximum atomic E-state index is 11.3. The zero-order valence-corrected chi connectivity index (χ0v) is 7.69. The van der Waals surface area contributed by atoms with Crippen LogP contribution < -0.4 is 0 Å². The molecular weight excluding hydrogens is 172 g/mol. The van der Waals surface area contributed by atoms with Crippen molar-refractivity contribution in [1.82, 2.24) is 9.80 Å². The number of piperazine rings is 1. The number of likely N-dealkylation sites (N-methyl/N-ethyl adjacent to an activating group) is 1. The smallest absolute Gasteiger partial charge is 0.312 e. The lowest BCUT2D eigenvalue weighted by molar-refractivity contribution is -0.157. The van der Waals surface area contributed by atoms with Crippen molar-refractivity contribution in [3.05, 3.63) is 0 Å². The predicted octanol–water partition coefficient (Wildman–Crippen LogP) is -1.13. The molecule has 1 heterocycles. The van der Waals surface area contributed by atoms with Gasteiger partial charge in [0, 0.05) is 19.6 Å². The molecule has 2 amide bonds. The lowest BCUT2D eigenvalue weighted by Crippen LogP contribution is -2.57. The van der Waals surface area contributed by atoms with Gasteiger partial charge in [-0.25, -0.2) is 0 Å². The number of nitrogens with zero attached hydrogens (tertiary/aromatic N) is 2. The number of carbonyl (C=O) groups excluding carboxylic acids is 3. The third kappa shape index (κ3) is 1.68. The topological polar surface area (TPSA) is 57.7 Å². The fourth-order valence-electron chi connectivity index (χ4n) is 1.41. The lowest BCUT2D eigenvalue weighted by Gasteiger charge is -2.35. The molecule has 1 atom stereocenters. The standard InChI is InChI=1S/C8H12N2O3/c1-6-5-9(2)7(12)8(13)10(6)3-4-11/h4,6H,3,5H2,1-2H3. The van der Waals surface area contributed by atoms with E-state index in [-0.39, 0.29) is 12.6 Å². The molecule has 0 N–H and O–H groups in total. The van der Waals surface area contributed by atoms with Crippen LogP contribution in [0.2, 0.25) is 0 Å². The number of hydrogen-bond donors (Lipinski definition) is 0. The summed E-state index contributed by atoms with van der Waals surface area (Å²) in [4.78, 5) is 35.4. The van der Waals surface area contributed by atoms with Crippen LogP contribution in [0.15, 0.2) is 0 Å². The van der Waals surface area contributed by atoms with Crippen molar-refractivity contribution in [2.24, 2.45) is 0 Å². The van der Waals surface area contributed by atoms with E-state index in [1.54, 1.807) is 7.05 Å². The number of hydrogen-bond acceptors (Lipinski definition) is 3. The van der Waals surface area contributed by atoms with Gasteiger partial charge in [0.25, 0.3) is 0 Å². The van der Waals surface area contributed by atoms with E-state index < -0.39 is 11.8 Å². The molecule has 5 heteroatoms. The minimum Gasteiger partial charge on any atom is -0.335 e. The van der Waals surface area contributed by atoms with E-state index in [4.69, 9.17) is 0 Å². The Kier molecular flexibility index (Phi) is 2.65. The molecule has 0 bridgehead atoms. The molecule has 0 aromatic heterocycles. The summed E-state index contributed by atoms with van der Waals surface area (Å²) in [5, 5.41) is 0. The Hall–Kier alpha value is -1.39. The van der Waals surface area contributed by atoms with Crippen molar-refractivity contribution in [2.75, 3.05) is 20.1 Å². The molecule has 1 aliphatic rings. The molecular formula is C8H12N2O3. The van der Waals surface area contributed by atoms with Gasteiger partial charge in [-0.05, 0) is 6.92 Å². The summed E-state index contributed by atoms with van der Waals surface area (Å²) >= 11 is 0. The molecule has 1 aliphatic heterocycles. The lowest BCUT2D eigenvalue weighted by atomic mass is 10.2. The Morgan fingerprint density at radius 1 is 1.46 bits per heavy atom. The fourth-order valence-corrected chi connectivity index (χ4v) is 1.41. The summed E-state index contributed by atoms with van der Waals surface area (Å²) < 4.78 is 0. The van der Waals surface area contributed by atoms with E-state index in [0.29, 0.717) is 12.8 Å². The molecule has 1 unspecified atom stereocenters. The van der Waals surface area contributed by atoms with Crippen molar-refractivity contribution in [3.63, 3.8) is 0 Å². The van der Waals surface area contributed by atoms with Gasteiger partial charge in [-0.15, -0.1) is 0 Å². The summed E-state index contributed by atoms with van der Waals surface area (Å²) in [6.45, 7) is 2.29. The quantitative estimate of drug-likeness (QED) is 0.403. The van der Waals surface area contributed by atoms with Gasteiger partial charge in [0.1, 0.15) is 6.29 Å². The average Bonchev–Trinajstić information content (AvgIpc) is 2.09. The van der Waals surface area contributed by atoms with Crippen LogP contribution in [0.4, 0.5) is 0 Å². The summed E-state index contributed by atoms with van der Waals surface area (Å²) in [6.07, 6.45) is 0.632. The van der Waals surface area contributed by atoms with Crippen molar-refractivity contribution < 1.29 is 14.4 Å². The van der Waals surface area contributed by atoms with Crippen LogP contribution >= 0.6 is 0 Å². The summed E-state index contributed by atoms with van der Waals surface area (Å²) in [5.41, 5.74) is 0. The first kappa shape index (κ1) is 9.70. The third-order valence-electron chi connectivity index (χ3n) is 2.13. The van der Waals surface area contributed by atoms with Crippen molar-refractivity contribution in [1.29, 1.82) is 0 Å². The number of rotatable bonds is 2. The van der Waals surface area contributed by atoms with Gasteiger partial charge in [-0.2, -0.15) is 0 Å². The molecule has 72 valence electrons. The van der Waals surface area contributed by atoms with Crippen molar-refractivity contribution in [3.8, 4) is 0 Å². The van der Waals surface area contributed by atoms with Gasteiger partial charge < -0.3 is 14.6 Å². The largest absolute Gasteiger partial charge is 0.335 e. The molecule has 1 rings (SSSR count). The minimum atomic E-state index is -0.589. The minimum absolute atomic E-state index is 0.000417. The molecule has 0 saturated carbocycles. The second-order valence-corrected chi connectivity index (χ2v) is 3.16. The summed E-state index contributed by atoms with van der Waals surface area (Å²) in [6, 6.07) is -0.0830. The highest BCUT2D eigenvalue weighted by atomic mass is 16.2. The molecule has 0 aromatic rings. The molecule has 0 spiro atoms. The normalized spacial score (nSPS) is 23.7. The van der Waals surface area contributed by atoms with Crippen LogP contribution in [0.1, 0.15) is 6.92 Å². The van der Waals surface area contributed by atoms with Gasteiger partial charge in [0.2, 0.25) is 0 Å². The molecule has 5 nitrogen and oxygen atoms in total. The van der Waals surface area contributed by atoms with E-state index >= 15 is 0 Å². The maximum absolute atomic E-state index is 11.3. The van der Waals surface area contributed by atoms with Crippen molar-refractivity contribution in [2.45, 2.75) is 13.0 Å². The van der Waals surface area contributed by atoms with Crippen LogP contribution in [-0.2, 0) is 14.4 Å². The number of amides is 2. The SMILES string of the molecule is CC1CN(C)C(=O)C(=O)N1CC=O. The number of carbonyl (C=O) groups is 3. The first-order valence-corrected chi connectivity index (χ1v) is 4.07. The van der Waals surface area contributed by atoms with E-state index in [0.717, 1.165) is 0 Å². The Labute approximate surface area is 76.3 Å². The molecule has 1 saturated heterocycles. The van der Waals surface area contributed by atoms with Crippen LogP contribution in [0.5, 0.6) is 0 Å². The summed E-state index contributed by atoms with van der Waals surface area (Å²) in [5.74, 6) is -1.13. The average molecular weight is 184 g/mol. The molecule has 0 radical (unpaired) electrons. The van der Waals surface area contributed by atoms with E-state index in [1.807, 2.05) is 6.92 Å². The van der Waals surface area contributed by atoms with Crippen molar-refractivity contribution >= 4 is 18.1 Å². The zero-order valence-electron chi connectivity index (χ0n) is 7.69. The van der Waals surface area contributed by atoms with Gasteiger partial charge in [0.15, 0.2) is 0 Å². The Bertz CT molecular complexity index is 252. The molecule has 0 aromatic carbocycles. The number of aldehydes is 1. The van der Waals surface area contributed by atoms with Gasteiger partial charge in [-0.3, -0.25) is 9.59 Å². The monoisotopic (exact) mass is 184 g/mol. The molecule has 0 aliphatic carbocycles. The van der Waals surface area contributed by atoms with Crippen LogP contribution in [0, 0.1) is 0 Å². The fraction of sp³-hybridized carbons (Fsp3) is 0.625. The second kappa shape index (κ2) is 3.55. The Balaban J connectivity index is 2.79. The zero-order chi connectivity index (χ0) is 10.0. The predicted molar refractivity (Wildman–Crippen MR) is 44.9 cm³/mol. The first-order chi connectivity index (χ1) is 6.07. The first-order valence-electron chi connectivity index (χ1n) is 4.07. The summed E-state index contributed by atoms with van der Waals surface area (Å²) in [7, 11) is 1.58. The Morgan fingerprint density at radius 2 is 2.08 bits per heavy atom. The second-order valence-electron chi connectivity index (χ2n) is 3.16. The molecule has 1 fully saturated rings. The van der Waals surface area contributed by atoms with Crippen LogP contribution in [0.25, 0.3) is 0 Å². The van der Waals surface area contributed by atoms with E-state index in [2.05, 4.69) is 0 Å². The van der Waals surface area contributed by atoms with E-state index in [1.165, 1.54) is 9.80 Å². The Morgan fingerprint density at radius 3 is 2.62 bits per heavy atom. The maximum Gasteiger partial charge on any atom is 0.312 e. The van der Waals surface area contributed by atoms with Gasteiger partial charge in [-0.1, -0.05) is 0 Å². The molecule has 13 heavy (non-hydrogen) atoms. The highest BCUT2D eigenvalue weighted by Gasteiger charge is 2.34. The third-order valence-corrected chi connectivity index (χ3v) is 2.13. The van der Waals surface area contributed by atoms with Gasteiger partial charge >= 0.3 is 11.8 Å². The van der Waals surface area contributed by atoms with Crippen LogP contribution in [0.3, 0.4) is 0 Å². The highest BCUT2D eigenvalue weighted by Crippen LogP contribution is 2.08. The highest BCUT2D eigenvalue weighted by molar-refractivity contribution is 6.35. The van der Waals surface area contributed by atoms with E-state index in [9.17, 15) is 14.4 Å². The van der Waals surface area contributed by atoms with Crippen LogP contribution in [-0.4, -0.2) is 54.1 Å². The van der Waals surface area contributed by atoms with Gasteiger partial charge in [0.05, 0.1) is 6.54 Å².